The second-order valence-corrected chi connectivity index (χ2v) is 8.55. The monoisotopic (exact) mass is 427 g/mol. The SMILES string of the molecule is CCc1cc(N(CC)CC)nc(SCc2cccc(C(=O)N3CCN(C)CC3)c2)n1. The molecule has 0 saturated carbocycles. The summed E-state index contributed by atoms with van der Waals surface area (Å²) in [5.74, 6) is 1.87. The molecule has 1 aliphatic rings. The van der Waals surface area contributed by atoms with Crippen molar-refractivity contribution in [2.75, 3.05) is 51.2 Å². The van der Waals surface area contributed by atoms with E-state index in [4.69, 9.17) is 9.97 Å². The van der Waals surface area contributed by atoms with Crippen LogP contribution in [0.25, 0.3) is 0 Å². The number of aryl methyl sites for hydroxylation is 1. The maximum absolute atomic E-state index is 12.9. The van der Waals surface area contributed by atoms with E-state index in [9.17, 15) is 4.79 Å². The first kappa shape index (κ1) is 22.6. The molecule has 0 spiro atoms. The van der Waals surface area contributed by atoms with Gasteiger partial charge in [0.25, 0.3) is 5.91 Å². The lowest BCUT2D eigenvalue weighted by Crippen LogP contribution is -2.47. The van der Waals surface area contributed by atoms with E-state index in [1.54, 1.807) is 11.8 Å². The number of carbonyl (C=O) groups excluding carboxylic acids is 1. The van der Waals surface area contributed by atoms with Gasteiger partial charge in [0, 0.05) is 62.3 Å². The summed E-state index contributed by atoms with van der Waals surface area (Å²) in [7, 11) is 2.10. The molecule has 1 aromatic carbocycles. The molecule has 2 heterocycles. The fourth-order valence-corrected chi connectivity index (χ4v) is 4.36. The fraction of sp³-hybridized carbons (Fsp3) is 0.522. The lowest BCUT2D eigenvalue weighted by Gasteiger charge is -2.32. The second kappa shape index (κ2) is 10.8. The number of nitrogens with zero attached hydrogens (tertiary/aromatic N) is 5. The highest BCUT2D eigenvalue weighted by atomic mass is 32.2. The summed E-state index contributed by atoms with van der Waals surface area (Å²) in [5.41, 5.74) is 2.95. The summed E-state index contributed by atoms with van der Waals surface area (Å²) in [4.78, 5) is 28.8. The van der Waals surface area contributed by atoms with Crippen LogP contribution in [0, 0.1) is 0 Å². The van der Waals surface area contributed by atoms with E-state index in [2.05, 4.69) is 49.8 Å². The van der Waals surface area contributed by atoms with Gasteiger partial charge in [0.1, 0.15) is 5.82 Å². The number of piperazine rings is 1. The van der Waals surface area contributed by atoms with Crippen molar-refractivity contribution in [3.63, 3.8) is 0 Å². The van der Waals surface area contributed by atoms with Crippen LogP contribution in [0.3, 0.4) is 0 Å². The minimum absolute atomic E-state index is 0.128. The zero-order chi connectivity index (χ0) is 21.5. The molecule has 0 aliphatic carbocycles. The Hall–Kier alpha value is -2.12. The molecule has 7 heteroatoms. The van der Waals surface area contributed by atoms with Crippen molar-refractivity contribution in [2.45, 2.75) is 38.1 Å². The van der Waals surface area contributed by atoms with E-state index in [0.29, 0.717) is 0 Å². The molecule has 0 radical (unpaired) electrons. The van der Waals surface area contributed by atoms with E-state index in [1.165, 1.54) is 0 Å². The van der Waals surface area contributed by atoms with Crippen molar-refractivity contribution >= 4 is 23.5 Å². The van der Waals surface area contributed by atoms with Gasteiger partial charge in [0.15, 0.2) is 5.16 Å². The zero-order valence-electron chi connectivity index (χ0n) is 18.6. The Bertz CT molecular complexity index is 847. The molecule has 1 aromatic heterocycles. The molecule has 30 heavy (non-hydrogen) atoms. The summed E-state index contributed by atoms with van der Waals surface area (Å²) < 4.78 is 0. The predicted molar refractivity (Wildman–Crippen MR) is 124 cm³/mol. The van der Waals surface area contributed by atoms with Crippen molar-refractivity contribution in [3.05, 3.63) is 47.2 Å². The third-order valence-corrected chi connectivity index (χ3v) is 6.45. The van der Waals surface area contributed by atoms with Gasteiger partial charge in [-0.1, -0.05) is 30.8 Å². The molecule has 1 fully saturated rings. The lowest BCUT2D eigenvalue weighted by atomic mass is 10.1. The van der Waals surface area contributed by atoms with Crippen molar-refractivity contribution in [1.82, 2.24) is 19.8 Å². The summed E-state index contributed by atoms with van der Waals surface area (Å²) in [5, 5.41) is 0.798. The first-order chi connectivity index (χ1) is 14.5. The molecule has 0 atom stereocenters. The number of aromatic nitrogens is 2. The zero-order valence-corrected chi connectivity index (χ0v) is 19.4. The van der Waals surface area contributed by atoms with E-state index in [-0.39, 0.29) is 5.91 Å². The molecule has 2 aromatic rings. The third-order valence-electron chi connectivity index (χ3n) is 5.53. The summed E-state index contributed by atoms with van der Waals surface area (Å²) in [6.45, 7) is 11.7. The Balaban J connectivity index is 1.69. The normalized spacial score (nSPS) is 14.7. The molecule has 6 nitrogen and oxygen atoms in total. The molecule has 3 rings (SSSR count). The van der Waals surface area contributed by atoms with Gasteiger partial charge in [0.2, 0.25) is 0 Å². The Morgan fingerprint density at radius 1 is 1.07 bits per heavy atom. The largest absolute Gasteiger partial charge is 0.357 e. The highest BCUT2D eigenvalue weighted by molar-refractivity contribution is 7.98. The molecule has 1 saturated heterocycles. The number of benzene rings is 1. The van der Waals surface area contributed by atoms with Crippen molar-refractivity contribution in [1.29, 1.82) is 0 Å². The average Bonchev–Trinajstić information content (AvgIpc) is 2.78. The number of hydrogen-bond donors (Lipinski definition) is 0. The molecular formula is C23H33N5OS. The van der Waals surface area contributed by atoms with E-state index >= 15 is 0 Å². The standard InChI is InChI=1S/C23H33N5OS/c1-5-20-16-21(27(6-2)7-3)25-23(24-20)30-17-18-9-8-10-19(15-18)22(29)28-13-11-26(4)12-14-28/h8-10,15-16H,5-7,11-14,17H2,1-4H3. The van der Waals surface area contributed by atoms with E-state index < -0.39 is 0 Å². The molecule has 1 aliphatic heterocycles. The van der Waals surface area contributed by atoms with Crippen LogP contribution in [0.5, 0.6) is 0 Å². The van der Waals surface area contributed by atoms with Crippen LogP contribution < -0.4 is 4.90 Å². The van der Waals surface area contributed by atoms with E-state index in [0.717, 1.165) is 79.2 Å². The minimum atomic E-state index is 0.128. The van der Waals surface area contributed by atoms with Crippen LogP contribution in [-0.4, -0.2) is 72.0 Å². The number of carbonyl (C=O) groups is 1. The van der Waals surface area contributed by atoms with Gasteiger partial charge in [-0.2, -0.15) is 0 Å². The molecule has 1 amide bonds. The maximum atomic E-state index is 12.9. The highest BCUT2D eigenvalue weighted by Gasteiger charge is 2.20. The van der Waals surface area contributed by atoms with Crippen LogP contribution in [-0.2, 0) is 12.2 Å². The van der Waals surface area contributed by atoms with Crippen LogP contribution in [0.15, 0.2) is 35.5 Å². The number of hydrogen-bond acceptors (Lipinski definition) is 6. The average molecular weight is 428 g/mol. The quantitative estimate of drug-likeness (QED) is 0.474. The van der Waals surface area contributed by atoms with Crippen LogP contribution in [0.1, 0.15) is 42.4 Å². The lowest BCUT2D eigenvalue weighted by molar-refractivity contribution is 0.0664. The van der Waals surface area contributed by atoms with Gasteiger partial charge < -0.3 is 14.7 Å². The molecule has 162 valence electrons. The summed E-state index contributed by atoms with van der Waals surface area (Å²) >= 11 is 1.63. The summed E-state index contributed by atoms with van der Waals surface area (Å²) in [6, 6.07) is 10.1. The summed E-state index contributed by atoms with van der Waals surface area (Å²) in [6.07, 6.45) is 0.888. The number of amides is 1. The number of anilines is 1. The van der Waals surface area contributed by atoms with Gasteiger partial charge in [-0.05, 0) is 45.0 Å². The fourth-order valence-electron chi connectivity index (χ4n) is 3.55. The van der Waals surface area contributed by atoms with Crippen molar-refractivity contribution in [3.8, 4) is 0 Å². The number of thioether (sulfide) groups is 1. The first-order valence-corrected chi connectivity index (χ1v) is 11.8. The molecular weight excluding hydrogens is 394 g/mol. The molecule has 0 bridgehead atoms. The predicted octanol–water partition coefficient (Wildman–Crippen LogP) is 3.57. The highest BCUT2D eigenvalue weighted by Crippen LogP contribution is 2.24. The molecule has 0 N–H and O–H groups in total. The van der Waals surface area contributed by atoms with Gasteiger partial charge >= 0.3 is 0 Å². The Labute approximate surface area is 184 Å². The second-order valence-electron chi connectivity index (χ2n) is 7.61. The van der Waals surface area contributed by atoms with Crippen LogP contribution >= 0.6 is 11.8 Å². The minimum Gasteiger partial charge on any atom is -0.357 e. The van der Waals surface area contributed by atoms with Gasteiger partial charge in [-0.15, -0.1) is 0 Å². The third kappa shape index (κ3) is 5.73. The van der Waals surface area contributed by atoms with Crippen LogP contribution in [0.2, 0.25) is 0 Å². The maximum Gasteiger partial charge on any atom is 0.253 e. The topological polar surface area (TPSA) is 52.6 Å². The number of likely N-dealkylation sites (N-methyl/N-ethyl adjacent to an activating group) is 1. The van der Waals surface area contributed by atoms with Crippen molar-refractivity contribution in [2.24, 2.45) is 0 Å². The van der Waals surface area contributed by atoms with Crippen LogP contribution in [0.4, 0.5) is 5.82 Å². The van der Waals surface area contributed by atoms with E-state index in [1.807, 2.05) is 23.1 Å². The smallest absolute Gasteiger partial charge is 0.253 e. The Kier molecular flexibility index (Phi) is 8.10. The first-order valence-electron chi connectivity index (χ1n) is 10.9. The number of rotatable bonds is 8. The Morgan fingerprint density at radius 3 is 2.47 bits per heavy atom. The van der Waals surface area contributed by atoms with Gasteiger partial charge in [-0.3, -0.25) is 4.79 Å². The Morgan fingerprint density at radius 2 is 1.80 bits per heavy atom. The van der Waals surface area contributed by atoms with Gasteiger partial charge in [-0.25, -0.2) is 9.97 Å². The van der Waals surface area contributed by atoms with Gasteiger partial charge in [0.05, 0.1) is 0 Å². The molecule has 0 unspecified atom stereocenters. The van der Waals surface area contributed by atoms with Crippen molar-refractivity contribution < 1.29 is 4.79 Å².